The van der Waals surface area contributed by atoms with E-state index in [1.165, 1.54) is 17.1 Å². The van der Waals surface area contributed by atoms with Crippen LogP contribution < -0.4 is 5.32 Å². The monoisotopic (exact) mass is 545 g/mol. The van der Waals surface area contributed by atoms with Gasteiger partial charge in [-0.2, -0.15) is 0 Å². The molecule has 10 heteroatoms. The molecule has 0 spiro atoms. The number of hydrogen-bond acceptors (Lipinski definition) is 7. The number of ether oxygens (including phenoxy) is 1. The van der Waals surface area contributed by atoms with Gasteiger partial charge in [-0.3, -0.25) is 9.59 Å². The largest absolute Gasteiger partial charge is 0.460 e. The molecular formula is C29H40FN3O6. The Balaban J connectivity index is 1.88. The molecule has 1 aromatic heterocycles. The molecule has 1 saturated heterocycles. The Morgan fingerprint density at radius 2 is 1.95 bits per heavy atom. The fourth-order valence-corrected chi connectivity index (χ4v) is 4.96. The van der Waals surface area contributed by atoms with Crippen LogP contribution in [0.2, 0.25) is 0 Å². The average molecular weight is 546 g/mol. The molecule has 5 atom stereocenters. The van der Waals surface area contributed by atoms with Crippen LogP contribution in [0.1, 0.15) is 69.1 Å². The number of aryl methyl sites for hydroxylation is 1. The average Bonchev–Trinajstić information content (AvgIpc) is 3.49. The number of aliphatic hydroxyl groups is 1. The summed E-state index contributed by atoms with van der Waals surface area (Å²) in [6.45, 7) is 9.72. The van der Waals surface area contributed by atoms with Crippen LogP contribution in [0.4, 0.5) is 4.39 Å². The molecule has 0 aliphatic carbocycles. The summed E-state index contributed by atoms with van der Waals surface area (Å²) in [4.78, 5) is 44.6. The van der Waals surface area contributed by atoms with Crippen LogP contribution in [0.5, 0.6) is 0 Å². The van der Waals surface area contributed by atoms with Gasteiger partial charge in [-0.15, -0.1) is 0 Å². The van der Waals surface area contributed by atoms with E-state index in [1.54, 1.807) is 32.1 Å². The minimum absolute atomic E-state index is 0.0290. The van der Waals surface area contributed by atoms with E-state index < -0.39 is 36.3 Å². The van der Waals surface area contributed by atoms with Gasteiger partial charge < -0.3 is 24.5 Å². The second-order valence-corrected chi connectivity index (χ2v) is 10.7. The first kappa shape index (κ1) is 30.3. The number of hydrogen-bond donors (Lipinski definition) is 2. The highest BCUT2D eigenvalue weighted by atomic mass is 19.1. The van der Waals surface area contributed by atoms with Crippen molar-refractivity contribution in [2.45, 2.75) is 84.7 Å². The maximum atomic E-state index is 14.7. The molecule has 39 heavy (non-hydrogen) atoms. The molecular weight excluding hydrogens is 505 g/mol. The molecule has 0 saturated carbocycles. The number of aromatic nitrogens is 1. The molecule has 214 valence electrons. The van der Waals surface area contributed by atoms with Gasteiger partial charge >= 0.3 is 5.97 Å². The molecule has 2 amide bonds. The van der Waals surface area contributed by atoms with E-state index in [0.717, 1.165) is 0 Å². The molecule has 1 aromatic rings. The number of carbonyl (C=O) groups excluding carboxylic acids is 3. The van der Waals surface area contributed by atoms with E-state index in [9.17, 15) is 23.9 Å². The molecule has 2 aliphatic rings. The van der Waals surface area contributed by atoms with E-state index in [0.29, 0.717) is 25.0 Å². The number of carbonyl (C=O) groups is 3. The van der Waals surface area contributed by atoms with Gasteiger partial charge in [0, 0.05) is 25.4 Å². The van der Waals surface area contributed by atoms with Crippen molar-refractivity contribution < 1.29 is 33.0 Å². The summed E-state index contributed by atoms with van der Waals surface area (Å²) in [6, 6.07) is -0.773. The summed E-state index contributed by atoms with van der Waals surface area (Å²) in [5, 5.41) is 13.0. The summed E-state index contributed by atoms with van der Waals surface area (Å²) >= 11 is 0. The first-order valence-electron chi connectivity index (χ1n) is 13.6. The van der Waals surface area contributed by atoms with Crippen LogP contribution in [0, 0.1) is 18.8 Å². The Kier molecular flexibility index (Phi) is 10.6. The van der Waals surface area contributed by atoms with Crippen molar-refractivity contribution in [3.05, 3.63) is 53.3 Å². The normalized spacial score (nSPS) is 31.2. The Labute approximate surface area is 229 Å². The Bertz CT molecular complexity index is 1120. The lowest BCUT2D eigenvalue weighted by atomic mass is 9.94. The lowest BCUT2D eigenvalue weighted by Gasteiger charge is -2.29. The van der Waals surface area contributed by atoms with E-state index in [4.69, 9.17) is 9.15 Å². The van der Waals surface area contributed by atoms with Gasteiger partial charge in [0.1, 0.15) is 24.1 Å². The van der Waals surface area contributed by atoms with E-state index >= 15 is 0 Å². The summed E-state index contributed by atoms with van der Waals surface area (Å²) in [7, 11) is 0. The van der Waals surface area contributed by atoms with Crippen molar-refractivity contribution >= 4 is 17.8 Å². The third-order valence-corrected chi connectivity index (χ3v) is 6.93. The number of nitrogens with zero attached hydrogens (tertiary/aromatic N) is 2. The van der Waals surface area contributed by atoms with Crippen LogP contribution in [0.3, 0.4) is 0 Å². The van der Waals surface area contributed by atoms with Crippen LogP contribution in [0.25, 0.3) is 0 Å². The number of cyclic esters (lactones) is 1. The smallest absolute Gasteiger partial charge is 0.329 e. The molecule has 0 radical (unpaired) electrons. The molecule has 2 unspecified atom stereocenters. The molecule has 3 rings (SSSR count). The number of halogens is 1. The Morgan fingerprint density at radius 3 is 2.67 bits per heavy atom. The predicted molar refractivity (Wildman–Crippen MR) is 143 cm³/mol. The first-order valence-corrected chi connectivity index (χ1v) is 13.6. The van der Waals surface area contributed by atoms with Gasteiger partial charge in [0.2, 0.25) is 5.91 Å². The van der Waals surface area contributed by atoms with Crippen LogP contribution in [0.15, 0.2) is 40.4 Å². The number of aliphatic hydroxyl groups excluding tert-OH is 1. The summed E-state index contributed by atoms with van der Waals surface area (Å²) in [5.41, 5.74) is 0.757. The van der Waals surface area contributed by atoms with Crippen LogP contribution in [-0.2, 0) is 20.7 Å². The zero-order valence-electron chi connectivity index (χ0n) is 23.4. The third kappa shape index (κ3) is 8.36. The van der Waals surface area contributed by atoms with Crippen molar-refractivity contribution in [3.8, 4) is 0 Å². The van der Waals surface area contributed by atoms with Gasteiger partial charge in [0.05, 0.1) is 12.5 Å². The zero-order chi connectivity index (χ0) is 28.7. The minimum atomic E-state index is -1.45. The minimum Gasteiger partial charge on any atom is -0.460 e. The second-order valence-electron chi connectivity index (χ2n) is 10.7. The number of alkyl halides is 1. The van der Waals surface area contributed by atoms with E-state index in [2.05, 4.69) is 10.3 Å². The van der Waals surface area contributed by atoms with E-state index in [-0.39, 0.29) is 54.5 Å². The van der Waals surface area contributed by atoms with E-state index in [1.807, 2.05) is 20.8 Å². The molecule has 2 aliphatic heterocycles. The third-order valence-electron chi connectivity index (χ3n) is 6.93. The quantitative estimate of drug-likeness (QED) is 0.517. The van der Waals surface area contributed by atoms with Gasteiger partial charge in [-0.25, -0.2) is 14.2 Å². The fourth-order valence-electron chi connectivity index (χ4n) is 4.96. The molecule has 1 fully saturated rings. The Morgan fingerprint density at radius 1 is 1.21 bits per heavy atom. The number of fused-ring (bicyclic) bond motifs is 3. The summed E-state index contributed by atoms with van der Waals surface area (Å²) in [6.07, 6.45) is 5.85. The van der Waals surface area contributed by atoms with Crippen molar-refractivity contribution in [2.75, 3.05) is 13.1 Å². The highest BCUT2D eigenvalue weighted by Crippen LogP contribution is 2.26. The predicted octanol–water partition coefficient (Wildman–Crippen LogP) is 3.61. The van der Waals surface area contributed by atoms with Crippen LogP contribution >= 0.6 is 0 Å². The number of nitrogens with one attached hydrogen (secondary N) is 1. The van der Waals surface area contributed by atoms with Crippen molar-refractivity contribution in [1.29, 1.82) is 0 Å². The SMILES string of the molecule is CC1=C/[C@@H](O)CC(F)Cc2nc(c(C)o2)C(=O)N2CCCC2C(=O)O[C@H](C(C)C)[C@H](C)/C=C\C(=O)NC/C=C\1. The number of allylic oxidation sites excluding steroid dienone is 2. The lowest BCUT2D eigenvalue weighted by molar-refractivity contribution is -0.158. The maximum absolute atomic E-state index is 14.7. The standard InChI is InChI=1S/C29H40FN3O6/c1-17(2)27-19(4)10-11-24(35)31-12-6-8-18(3)14-22(34)15-21(30)16-25-32-26(20(5)38-25)28(36)33-13-7-9-23(33)29(37)39-27/h6,8,10-11,14,17,19,21-23,27,34H,7,9,12-13,15-16H2,1-5H3,(H,31,35)/b8-6-,11-10-,18-14-/t19-,21?,22-,23?,27-/m1/s1. The summed E-state index contributed by atoms with van der Waals surface area (Å²) < 4.78 is 26.2. The number of amides is 2. The molecule has 0 aromatic carbocycles. The van der Waals surface area contributed by atoms with Gasteiger partial charge in [-0.05, 0) is 38.7 Å². The van der Waals surface area contributed by atoms with Gasteiger partial charge in [-0.1, -0.05) is 50.6 Å². The highest BCUT2D eigenvalue weighted by Gasteiger charge is 2.39. The number of oxazole rings is 1. The van der Waals surface area contributed by atoms with Gasteiger partial charge in [0.25, 0.3) is 5.91 Å². The first-order chi connectivity index (χ1) is 18.5. The summed E-state index contributed by atoms with van der Waals surface area (Å²) in [5.74, 6) is -1.24. The molecule has 2 N–H and O–H groups in total. The molecule has 2 bridgehead atoms. The molecule has 3 heterocycles. The highest BCUT2D eigenvalue weighted by molar-refractivity contribution is 5.96. The van der Waals surface area contributed by atoms with Crippen molar-refractivity contribution in [3.63, 3.8) is 0 Å². The maximum Gasteiger partial charge on any atom is 0.329 e. The zero-order valence-corrected chi connectivity index (χ0v) is 23.4. The molecule has 9 nitrogen and oxygen atoms in total. The van der Waals surface area contributed by atoms with Gasteiger partial charge in [0.15, 0.2) is 11.6 Å². The van der Waals surface area contributed by atoms with Crippen LogP contribution in [-0.4, -0.2) is 70.3 Å². The number of esters is 1. The second kappa shape index (κ2) is 13.7. The number of rotatable bonds is 1. The van der Waals surface area contributed by atoms with Crippen molar-refractivity contribution in [2.24, 2.45) is 11.8 Å². The Hall–Kier alpha value is -3.27. The van der Waals surface area contributed by atoms with Crippen molar-refractivity contribution in [1.82, 2.24) is 15.2 Å². The topological polar surface area (TPSA) is 122 Å². The lowest BCUT2D eigenvalue weighted by Crippen LogP contribution is -2.44. The fraction of sp³-hybridized carbons (Fsp3) is 0.586.